The number of carbonyl (C=O) groups is 1. The van der Waals surface area contributed by atoms with E-state index >= 15 is 0 Å². The second-order valence-electron chi connectivity index (χ2n) is 4.95. The van der Waals surface area contributed by atoms with Crippen LogP contribution in [0.1, 0.15) is 5.56 Å². The van der Waals surface area contributed by atoms with Gasteiger partial charge in [-0.25, -0.2) is 0 Å². The fourth-order valence-corrected chi connectivity index (χ4v) is 2.32. The summed E-state index contributed by atoms with van der Waals surface area (Å²) in [6, 6.07) is 13.6. The van der Waals surface area contributed by atoms with Gasteiger partial charge in [0.2, 0.25) is 3.79 Å². The predicted octanol–water partition coefficient (Wildman–Crippen LogP) is 3.88. The molecule has 1 atom stereocenters. The largest absolute Gasteiger partial charge is 0.460 e. The molecule has 0 bridgehead atoms. The Hall–Kier alpha value is -1.000. The topological polar surface area (TPSA) is 38.3 Å². The molecule has 0 saturated heterocycles. The number of hydrogen-bond acceptors (Lipinski definition) is 3. The van der Waals surface area contributed by atoms with E-state index in [9.17, 15) is 4.79 Å². The monoisotopic (exact) mass is 359 g/mol. The number of likely N-dealkylation sites (N-methyl/N-ethyl adjacent to an activating group) is 1. The molecule has 0 unspecified atom stereocenters. The van der Waals surface area contributed by atoms with Crippen LogP contribution < -0.4 is 5.32 Å². The van der Waals surface area contributed by atoms with Crippen molar-refractivity contribution in [1.82, 2.24) is 5.32 Å². The number of carbonyl (C=O) groups excluding carboxylic acids is 1. The van der Waals surface area contributed by atoms with E-state index in [0.29, 0.717) is 6.42 Å². The summed E-state index contributed by atoms with van der Waals surface area (Å²) in [5, 5.41) is 5.22. The Kier molecular flexibility index (Phi) is 5.93. The maximum Gasteiger partial charge on any atom is 0.323 e. The number of esters is 1. The summed E-state index contributed by atoms with van der Waals surface area (Å²) < 4.78 is 3.42. The van der Waals surface area contributed by atoms with Crippen LogP contribution in [0.25, 0.3) is 10.8 Å². The Morgan fingerprint density at radius 1 is 1.18 bits per heavy atom. The first-order chi connectivity index (χ1) is 10.4. The Labute approximate surface area is 144 Å². The normalized spacial score (nSPS) is 13.1. The van der Waals surface area contributed by atoms with Crippen LogP contribution in [0, 0.1) is 0 Å². The summed E-state index contributed by atoms with van der Waals surface area (Å²) in [5.74, 6) is -0.443. The van der Waals surface area contributed by atoms with Crippen molar-refractivity contribution < 1.29 is 9.53 Å². The van der Waals surface area contributed by atoms with Crippen LogP contribution in [0.2, 0.25) is 0 Å². The molecule has 0 heterocycles. The van der Waals surface area contributed by atoms with E-state index in [1.165, 1.54) is 0 Å². The van der Waals surface area contributed by atoms with Crippen molar-refractivity contribution in [1.29, 1.82) is 0 Å². The molecule has 0 radical (unpaired) electrons. The molecule has 118 valence electrons. The van der Waals surface area contributed by atoms with E-state index in [4.69, 9.17) is 39.5 Å². The van der Waals surface area contributed by atoms with Gasteiger partial charge in [-0.2, -0.15) is 0 Å². The Morgan fingerprint density at radius 3 is 2.50 bits per heavy atom. The van der Waals surface area contributed by atoms with Gasteiger partial charge in [-0.3, -0.25) is 4.79 Å². The van der Waals surface area contributed by atoms with Crippen molar-refractivity contribution in [2.24, 2.45) is 0 Å². The van der Waals surface area contributed by atoms with E-state index in [1.807, 2.05) is 36.4 Å². The first-order valence-corrected chi connectivity index (χ1v) is 7.91. The second kappa shape index (κ2) is 7.51. The molecule has 0 aliphatic heterocycles. The summed E-state index contributed by atoms with van der Waals surface area (Å²) in [4.78, 5) is 12.0. The lowest BCUT2D eigenvalue weighted by Gasteiger charge is -2.18. The SMILES string of the molecule is CN[C@@H](Cc1ccc2ccccc2c1)C(=O)OCC(Cl)(Cl)Cl. The first kappa shape index (κ1) is 17.4. The van der Waals surface area contributed by atoms with Crippen LogP contribution in [-0.2, 0) is 16.0 Å². The molecule has 0 saturated carbocycles. The molecule has 0 aromatic heterocycles. The van der Waals surface area contributed by atoms with Crippen LogP contribution in [0.3, 0.4) is 0 Å². The van der Waals surface area contributed by atoms with E-state index in [-0.39, 0.29) is 6.61 Å². The predicted molar refractivity (Wildman–Crippen MR) is 91.7 cm³/mol. The van der Waals surface area contributed by atoms with Gasteiger partial charge in [-0.15, -0.1) is 0 Å². The van der Waals surface area contributed by atoms with Gasteiger partial charge in [-0.1, -0.05) is 77.3 Å². The molecule has 0 fully saturated rings. The van der Waals surface area contributed by atoms with Crippen LogP contribution in [-0.4, -0.2) is 29.5 Å². The van der Waals surface area contributed by atoms with Crippen molar-refractivity contribution in [3.8, 4) is 0 Å². The molecular weight excluding hydrogens is 345 g/mol. The second-order valence-corrected chi connectivity index (χ2v) is 7.47. The number of hydrogen-bond donors (Lipinski definition) is 1. The number of fused-ring (bicyclic) bond motifs is 1. The van der Waals surface area contributed by atoms with Crippen molar-refractivity contribution in [2.45, 2.75) is 16.3 Å². The molecule has 1 N–H and O–H groups in total. The fraction of sp³-hybridized carbons (Fsp3) is 0.312. The van der Waals surface area contributed by atoms with Crippen LogP contribution in [0.4, 0.5) is 0 Å². The van der Waals surface area contributed by atoms with Crippen molar-refractivity contribution in [2.75, 3.05) is 13.7 Å². The van der Waals surface area contributed by atoms with Crippen molar-refractivity contribution >= 4 is 51.5 Å². The van der Waals surface area contributed by atoms with Crippen LogP contribution in [0.5, 0.6) is 0 Å². The molecule has 2 aromatic rings. The standard InChI is InChI=1S/C16H16Cl3NO2/c1-20-14(15(21)22-10-16(17,18)19)9-11-6-7-12-4-2-3-5-13(12)8-11/h2-8,14,20H,9-10H2,1H3/t14-/m0/s1. The number of nitrogens with one attached hydrogen (secondary N) is 1. The van der Waals surface area contributed by atoms with Gasteiger partial charge in [0.15, 0.2) is 0 Å². The third kappa shape index (κ3) is 5.03. The van der Waals surface area contributed by atoms with Gasteiger partial charge in [-0.05, 0) is 29.8 Å². The lowest BCUT2D eigenvalue weighted by molar-refractivity contribution is -0.145. The average Bonchev–Trinajstić information content (AvgIpc) is 2.49. The number of halogens is 3. The third-order valence-electron chi connectivity index (χ3n) is 3.26. The van der Waals surface area contributed by atoms with Crippen LogP contribution in [0.15, 0.2) is 42.5 Å². The van der Waals surface area contributed by atoms with E-state index in [2.05, 4.69) is 11.4 Å². The average molecular weight is 361 g/mol. The summed E-state index contributed by atoms with van der Waals surface area (Å²) in [7, 11) is 1.70. The lowest BCUT2D eigenvalue weighted by atomic mass is 10.0. The zero-order valence-corrected chi connectivity index (χ0v) is 14.3. The number of benzene rings is 2. The lowest BCUT2D eigenvalue weighted by Crippen LogP contribution is -2.38. The summed E-state index contributed by atoms with van der Waals surface area (Å²) in [6.07, 6.45) is 0.500. The van der Waals surface area contributed by atoms with Gasteiger partial charge in [0, 0.05) is 0 Å². The maximum atomic E-state index is 12.0. The molecule has 22 heavy (non-hydrogen) atoms. The molecule has 0 aliphatic rings. The molecule has 2 aromatic carbocycles. The van der Waals surface area contributed by atoms with E-state index in [0.717, 1.165) is 16.3 Å². The molecule has 0 spiro atoms. The summed E-state index contributed by atoms with van der Waals surface area (Å²) >= 11 is 16.8. The molecule has 2 rings (SSSR count). The highest BCUT2D eigenvalue weighted by Gasteiger charge is 2.25. The molecule has 3 nitrogen and oxygen atoms in total. The summed E-state index contributed by atoms with van der Waals surface area (Å²) in [5.41, 5.74) is 1.03. The Balaban J connectivity index is 2.06. The van der Waals surface area contributed by atoms with Crippen molar-refractivity contribution in [3.05, 3.63) is 48.0 Å². The quantitative estimate of drug-likeness (QED) is 0.649. The molecule has 6 heteroatoms. The molecular formula is C16H16Cl3NO2. The maximum absolute atomic E-state index is 12.0. The zero-order chi connectivity index (χ0) is 16.2. The highest BCUT2D eigenvalue weighted by molar-refractivity contribution is 6.67. The molecule has 0 amide bonds. The van der Waals surface area contributed by atoms with Gasteiger partial charge < -0.3 is 10.1 Å². The Morgan fingerprint density at radius 2 is 1.86 bits per heavy atom. The smallest absolute Gasteiger partial charge is 0.323 e. The number of alkyl halides is 3. The first-order valence-electron chi connectivity index (χ1n) is 6.77. The van der Waals surface area contributed by atoms with Gasteiger partial charge >= 0.3 is 5.97 Å². The zero-order valence-electron chi connectivity index (χ0n) is 12.0. The minimum absolute atomic E-state index is 0.271. The highest BCUT2D eigenvalue weighted by Crippen LogP contribution is 2.26. The third-order valence-corrected chi connectivity index (χ3v) is 3.59. The summed E-state index contributed by atoms with van der Waals surface area (Å²) in [6.45, 7) is -0.271. The van der Waals surface area contributed by atoms with Gasteiger partial charge in [0.05, 0.1) is 0 Å². The minimum atomic E-state index is -1.60. The van der Waals surface area contributed by atoms with Crippen molar-refractivity contribution in [3.63, 3.8) is 0 Å². The number of rotatable bonds is 5. The molecule has 0 aliphatic carbocycles. The Bertz CT molecular complexity index is 655. The van der Waals surface area contributed by atoms with Crippen LogP contribution >= 0.6 is 34.8 Å². The highest BCUT2D eigenvalue weighted by atomic mass is 35.6. The minimum Gasteiger partial charge on any atom is -0.460 e. The number of ether oxygens (including phenoxy) is 1. The van der Waals surface area contributed by atoms with E-state index in [1.54, 1.807) is 7.05 Å². The fourth-order valence-electron chi connectivity index (χ4n) is 2.16. The van der Waals surface area contributed by atoms with Gasteiger partial charge in [0.1, 0.15) is 12.6 Å². The van der Waals surface area contributed by atoms with Gasteiger partial charge in [0.25, 0.3) is 0 Å². The van der Waals surface area contributed by atoms with E-state index < -0.39 is 15.8 Å².